The third kappa shape index (κ3) is 2.75. The van der Waals surface area contributed by atoms with Gasteiger partial charge in [-0.1, -0.05) is 32.0 Å². The van der Waals surface area contributed by atoms with E-state index in [1.165, 1.54) is 16.8 Å². The first-order chi connectivity index (χ1) is 11.3. The molecule has 0 spiro atoms. The lowest BCUT2D eigenvalue weighted by Gasteiger charge is -2.23. The second-order valence-electron chi connectivity index (χ2n) is 7.17. The van der Waals surface area contributed by atoms with Gasteiger partial charge in [0.25, 0.3) is 0 Å². The number of benzene rings is 1. The average Bonchev–Trinajstić information content (AvgIpc) is 2.72. The Bertz CT molecular complexity index is 833. The molecule has 0 atom stereocenters. The number of carbonyl (C=O) groups excluding carboxylic acids is 1. The number of fused-ring (bicyclic) bond motifs is 1. The molecule has 0 saturated heterocycles. The van der Waals surface area contributed by atoms with Crippen LogP contribution in [0.15, 0.2) is 54.4 Å². The molecule has 1 aliphatic heterocycles. The van der Waals surface area contributed by atoms with Crippen LogP contribution in [0.3, 0.4) is 0 Å². The minimum Gasteiger partial charge on any atom is -0.347 e. The third-order valence-corrected chi connectivity index (χ3v) is 4.97. The zero-order valence-corrected chi connectivity index (χ0v) is 15.1. The highest BCUT2D eigenvalue weighted by molar-refractivity contribution is 5.91. The van der Waals surface area contributed by atoms with Gasteiger partial charge in [0, 0.05) is 49.0 Å². The molecule has 1 aromatic heterocycles. The maximum Gasteiger partial charge on any atom is 0.222 e. The highest BCUT2D eigenvalue weighted by atomic mass is 16.1. The molecule has 0 saturated carbocycles. The van der Waals surface area contributed by atoms with E-state index in [9.17, 15) is 4.79 Å². The number of carbonyl (C=O) groups is 1. The number of likely N-dealkylation sites (N-methyl/N-ethyl adjacent to an activating group) is 1. The second-order valence-corrected chi connectivity index (χ2v) is 7.17. The summed E-state index contributed by atoms with van der Waals surface area (Å²) in [5.41, 5.74) is 5.66. The van der Waals surface area contributed by atoms with Crippen molar-refractivity contribution in [1.82, 2.24) is 0 Å². The number of ketones is 1. The Kier molecular flexibility index (Phi) is 4.04. The predicted molar refractivity (Wildman–Crippen MR) is 97.1 cm³/mol. The summed E-state index contributed by atoms with van der Waals surface area (Å²) in [5, 5.41) is 0. The normalized spacial score (nSPS) is 17.2. The fraction of sp³-hybridized carbons (Fsp3) is 0.333. The van der Waals surface area contributed by atoms with Gasteiger partial charge in [-0.3, -0.25) is 4.79 Å². The predicted octanol–water partition coefficient (Wildman–Crippen LogP) is 3.47. The number of hydrogen-bond donors (Lipinski definition) is 0. The SMILES string of the molecule is Cc1cc[n+](CC(=O)/C=C2\N(C)c3ccccc3C2(C)C)c(C)c1. The Hall–Kier alpha value is -2.42. The number of aromatic nitrogens is 1. The summed E-state index contributed by atoms with van der Waals surface area (Å²) >= 11 is 0. The monoisotopic (exact) mass is 321 g/mol. The maximum atomic E-state index is 12.7. The van der Waals surface area contributed by atoms with Crippen LogP contribution >= 0.6 is 0 Å². The molecule has 0 bridgehead atoms. The zero-order valence-electron chi connectivity index (χ0n) is 15.1. The molecule has 0 unspecified atom stereocenters. The molecule has 2 aromatic rings. The molecule has 24 heavy (non-hydrogen) atoms. The second kappa shape index (κ2) is 5.90. The third-order valence-electron chi connectivity index (χ3n) is 4.97. The fourth-order valence-corrected chi connectivity index (χ4v) is 3.59. The fourth-order valence-electron chi connectivity index (χ4n) is 3.59. The van der Waals surface area contributed by atoms with Crippen LogP contribution in [0, 0.1) is 13.8 Å². The number of para-hydroxylation sites is 1. The van der Waals surface area contributed by atoms with Gasteiger partial charge in [0.15, 0.2) is 11.9 Å². The van der Waals surface area contributed by atoms with Crippen LogP contribution in [-0.4, -0.2) is 12.8 Å². The van der Waals surface area contributed by atoms with Crippen molar-refractivity contribution in [1.29, 1.82) is 0 Å². The Morgan fingerprint density at radius 1 is 1.21 bits per heavy atom. The van der Waals surface area contributed by atoms with Crippen molar-refractivity contribution in [3.63, 3.8) is 0 Å². The number of rotatable bonds is 3. The number of pyridine rings is 1. The van der Waals surface area contributed by atoms with E-state index in [1.54, 1.807) is 0 Å². The average molecular weight is 321 g/mol. The largest absolute Gasteiger partial charge is 0.347 e. The summed E-state index contributed by atoms with van der Waals surface area (Å²) in [4.78, 5) is 14.8. The number of allylic oxidation sites excluding steroid dienone is 2. The summed E-state index contributed by atoms with van der Waals surface area (Å²) in [6.45, 7) is 8.83. The van der Waals surface area contributed by atoms with Gasteiger partial charge in [0.1, 0.15) is 0 Å². The highest BCUT2D eigenvalue weighted by Gasteiger charge is 2.38. The number of aryl methyl sites for hydroxylation is 2. The highest BCUT2D eigenvalue weighted by Crippen LogP contribution is 2.46. The van der Waals surface area contributed by atoms with Crippen molar-refractivity contribution in [2.75, 3.05) is 11.9 Å². The van der Waals surface area contributed by atoms with E-state index in [4.69, 9.17) is 0 Å². The van der Waals surface area contributed by atoms with Crippen molar-refractivity contribution in [3.05, 3.63) is 71.2 Å². The van der Waals surface area contributed by atoms with Crippen LogP contribution in [0.4, 0.5) is 5.69 Å². The standard InChI is InChI=1S/C21H25N2O/c1-15-10-11-23(16(2)12-15)14-17(24)13-20-21(3,4)18-8-6-7-9-19(18)22(20)5/h6-13H,14H2,1-5H3/q+1/b20-13-. The maximum absolute atomic E-state index is 12.7. The molecule has 3 nitrogen and oxygen atoms in total. The van der Waals surface area contributed by atoms with E-state index < -0.39 is 0 Å². The van der Waals surface area contributed by atoms with Gasteiger partial charge in [-0.15, -0.1) is 0 Å². The van der Waals surface area contributed by atoms with Gasteiger partial charge in [-0.25, -0.2) is 0 Å². The minimum atomic E-state index is -0.159. The topological polar surface area (TPSA) is 24.2 Å². The first-order valence-corrected chi connectivity index (χ1v) is 8.35. The Labute approximate surface area is 144 Å². The number of anilines is 1. The van der Waals surface area contributed by atoms with E-state index in [-0.39, 0.29) is 11.2 Å². The molecule has 2 heterocycles. The van der Waals surface area contributed by atoms with Crippen molar-refractivity contribution in [2.45, 2.75) is 39.7 Å². The summed E-state index contributed by atoms with van der Waals surface area (Å²) in [7, 11) is 2.04. The van der Waals surface area contributed by atoms with E-state index in [0.717, 1.165) is 11.4 Å². The van der Waals surface area contributed by atoms with E-state index in [2.05, 4.69) is 49.9 Å². The van der Waals surface area contributed by atoms with Crippen molar-refractivity contribution in [3.8, 4) is 0 Å². The molecule has 0 fully saturated rings. The summed E-state index contributed by atoms with van der Waals surface area (Å²) in [6, 6.07) is 12.5. The summed E-state index contributed by atoms with van der Waals surface area (Å²) < 4.78 is 2.00. The molecule has 0 N–H and O–H groups in total. The lowest BCUT2D eigenvalue weighted by atomic mass is 9.83. The molecular weight excluding hydrogens is 296 g/mol. The molecule has 1 aliphatic rings. The van der Waals surface area contributed by atoms with E-state index in [0.29, 0.717) is 6.54 Å². The van der Waals surface area contributed by atoms with Crippen LogP contribution in [0.25, 0.3) is 0 Å². The molecule has 0 aliphatic carbocycles. The summed E-state index contributed by atoms with van der Waals surface area (Å²) in [5.74, 6) is 0.120. The van der Waals surface area contributed by atoms with Crippen molar-refractivity contribution in [2.24, 2.45) is 0 Å². The van der Waals surface area contributed by atoms with Crippen LogP contribution in [-0.2, 0) is 16.8 Å². The smallest absolute Gasteiger partial charge is 0.222 e. The first kappa shape index (κ1) is 16.4. The number of nitrogens with zero attached hydrogens (tertiary/aromatic N) is 2. The Morgan fingerprint density at radius 3 is 2.58 bits per heavy atom. The lowest BCUT2D eigenvalue weighted by molar-refractivity contribution is -0.689. The Balaban J connectivity index is 1.90. The van der Waals surface area contributed by atoms with Gasteiger partial charge < -0.3 is 4.90 Å². The lowest BCUT2D eigenvalue weighted by Crippen LogP contribution is -2.40. The minimum absolute atomic E-state index is 0.120. The molecular formula is C21H25N2O+. The molecule has 0 radical (unpaired) electrons. The molecule has 124 valence electrons. The van der Waals surface area contributed by atoms with E-state index in [1.807, 2.05) is 42.9 Å². The number of hydrogen-bond acceptors (Lipinski definition) is 2. The Morgan fingerprint density at radius 2 is 1.92 bits per heavy atom. The quantitative estimate of drug-likeness (QED) is 0.638. The van der Waals surface area contributed by atoms with Crippen LogP contribution in [0.2, 0.25) is 0 Å². The van der Waals surface area contributed by atoms with Gasteiger partial charge in [0.2, 0.25) is 12.3 Å². The van der Waals surface area contributed by atoms with Crippen molar-refractivity contribution < 1.29 is 9.36 Å². The van der Waals surface area contributed by atoms with Gasteiger partial charge >= 0.3 is 0 Å². The molecule has 1 aromatic carbocycles. The van der Waals surface area contributed by atoms with Crippen molar-refractivity contribution >= 4 is 11.5 Å². The van der Waals surface area contributed by atoms with Gasteiger partial charge in [-0.2, -0.15) is 4.57 Å². The van der Waals surface area contributed by atoms with Gasteiger partial charge in [0.05, 0.1) is 0 Å². The molecule has 3 heteroatoms. The first-order valence-electron chi connectivity index (χ1n) is 8.35. The molecule has 0 amide bonds. The van der Waals surface area contributed by atoms with Gasteiger partial charge in [-0.05, 0) is 24.1 Å². The van der Waals surface area contributed by atoms with E-state index >= 15 is 0 Å². The zero-order chi connectivity index (χ0) is 17.5. The van der Waals surface area contributed by atoms with Crippen LogP contribution < -0.4 is 9.47 Å². The molecule has 3 rings (SSSR count). The van der Waals surface area contributed by atoms with Crippen LogP contribution in [0.5, 0.6) is 0 Å². The van der Waals surface area contributed by atoms with Crippen LogP contribution in [0.1, 0.15) is 30.7 Å². The summed E-state index contributed by atoms with van der Waals surface area (Å²) in [6.07, 6.45) is 3.80.